The van der Waals surface area contributed by atoms with Gasteiger partial charge in [-0.05, 0) is 38.3 Å². The Bertz CT molecular complexity index is 578. The van der Waals surface area contributed by atoms with Crippen molar-refractivity contribution in [1.82, 2.24) is 4.98 Å². The standard InChI is InChI=1S/C15H20N2O4/c1-15(2,3)21-14(18)17-13-11-7-20-6-10(11)9-4-5-19-8-12(9)16-13/h4-8H2,1-3H3,(H,16,17,18). The van der Waals surface area contributed by atoms with Crippen LogP contribution in [-0.2, 0) is 40.5 Å². The molecule has 1 N–H and O–H groups in total. The minimum absolute atomic E-state index is 0.474. The molecule has 0 atom stereocenters. The first-order chi connectivity index (χ1) is 9.94. The zero-order valence-electron chi connectivity index (χ0n) is 12.6. The maximum atomic E-state index is 12.0. The molecule has 0 radical (unpaired) electrons. The summed E-state index contributed by atoms with van der Waals surface area (Å²) in [7, 11) is 0. The Morgan fingerprint density at radius 1 is 1.14 bits per heavy atom. The first kappa shape index (κ1) is 14.3. The topological polar surface area (TPSA) is 69.7 Å². The third kappa shape index (κ3) is 3.01. The van der Waals surface area contributed by atoms with Gasteiger partial charge in [-0.3, -0.25) is 5.32 Å². The Labute approximate surface area is 123 Å². The van der Waals surface area contributed by atoms with Crippen LogP contribution >= 0.6 is 0 Å². The van der Waals surface area contributed by atoms with E-state index in [0.29, 0.717) is 32.2 Å². The molecule has 0 saturated carbocycles. The highest BCUT2D eigenvalue weighted by atomic mass is 16.6. The Hall–Kier alpha value is -1.66. The molecule has 2 aliphatic rings. The molecule has 3 rings (SSSR count). The van der Waals surface area contributed by atoms with Gasteiger partial charge in [-0.2, -0.15) is 0 Å². The largest absolute Gasteiger partial charge is 0.444 e. The molecular formula is C15H20N2O4. The molecule has 0 saturated heterocycles. The monoisotopic (exact) mass is 292 g/mol. The molecule has 6 heteroatoms. The van der Waals surface area contributed by atoms with Crippen molar-refractivity contribution in [3.8, 4) is 0 Å². The first-order valence-corrected chi connectivity index (χ1v) is 7.13. The van der Waals surface area contributed by atoms with Gasteiger partial charge >= 0.3 is 6.09 Å². The van der Waals surface area contributed by atoms with E-state index in [1.807, 2.05) is 20.8 Å². The third-order valence-electron chi connectivity index (χ3n) is 3.46. The number of aromatic nitrogens is 1. The third-order valence-corrected chi connectivity index (χ3v) is 3.46. The molecule has 0 bridgehead atoms. The highest BCUT2D eigenvalue weighted by molar-refractivity contribution is 5.85. The number of carbonyl (C=O) groups is 1. The van der Waals surface area contributed by atoms with Crippen LogP contribution in [0.3, 0.4) is 0 Å². The van der Waals surface area contributed by atoms with E-state index in [9.17, 15) is 4.79 Å². The van der Waals surface area contributed by atoms with Crippen molar-refractivity contribution in [2.75, 3.05) is 11.9 Å². The van der Waals surface area contributed by atoms with Crippen LogP contribution in [-0.4, -0.2) is 23.3 Å². The highest BCUT2D eigenvalue weighted by Gasteiger charge is 2.27. The molecule has 21 heavy (non-hydrogen) atoms. The Morgan fingerprint density at radius 3 is 2.67 bits per heavy atom. The molecule has 0 aromatic carbocycles. The molecule has 0 unspecified atom stereocenters. The van der Waals surface area contributed by atoms with Crippen LogP contribution < -0.4 is 5.32 Å². The molecule has 6 nitrogen and oxygen atoms in total. The van der Waals surface area contributed by atoms with Crippen LogP contribution in [0.5, 0.6) is 0 Å². The molecule has 2 aliphatic heterocycles. The lowest BCUT2D eigenvalue weighted by atomic mass is 9.99. The molecular weight excluding hydrogens is 272 g/mol. The molecule has 114 valence electrons. The second-order valence-electron chi connectivity index (χ2n) is 6.27. The van der Waals surface area contributed by atoms with Crippen LogP contribution in [0.2, 0.25) is 0 Å². The lowest BCUT2D eigenvalue weighted by molar-refractivity contribution is 0.0634. The van der Waals surface area contributed by atoms with E-state index in [4.69, 9.17) is 14.2 Å². The summed E-state index contributed by atoms with van der Waals surface area (Å²) in [5.74, 6) is 0.529. The van der Waals surface area contributed by atoms with Gasteiger partial charge in [0.25, 0.3) is 0 Å². The SMILES string of the molecule is CC(C)(C)OC(=O)Nc1nc2c(c3c1COC3)CCOC2. The normalized spacial score (nSPS) is 17.1. The summed E-state index contributed by atoms with van der Waals surface area (Å²) < 4.78 is 16.3. The van der Waals surface area contributed by atoms with E-state index in [0.717, 1.165) is 23.2 Å². The molecule has 1 aromatic rings. The quantitative estimate of drug-likeness (QED) is 0.861. The zero-order chi connectivity index (χ0) is 15.0. The molecule has 1 aromatic heterocycles. The van der Waals surface area contributed by atoms with Crippen molar-refractivity contribution >= 4 is 11.9 Å². The summed E-state index contributed by atoms with van der Waals surface area (Å²) >= 11 is 0. The lowest BCUT2D eigenvalue weighted by Gasteiger charge is -2.22. The average Bonchev–Trinajstić information content (AvgIpc) is 2.86. The first-order valence-electron chi connectivity index (χ1n) is 7.13. The zero-order valence-corrected chi connectivity index (χ0v) is 12.6. The Morgan fingerprint density at radius 2 is 1.90 bits per heavy atom. The second kappa shape index (κ2) is 5.27. The fourth-order valence-corrected chi connectivity index (χ4v) is 2.62. The predicted octanol–water partition coefficient (Wildman–Crippen LogP) is 2.53. The summed E-state index contributed by atoms with van der Waals surface area (Å²) in [5, 5.41) is 2.74. The minimum Gasteiger partial charge on any atom is -0.444 e. The number of rotatable bonds is 1. The van der Waals surface area contributed by atoms with E-state index < -0.39 is 11.7 Å². The van der Waals surface area contributed by atoms with E-state index in [1.165, 1.54) is 5.56 Å². The van der Waals surface area contributed by atoms with Crippen LogP contribution in [0.1, 0.15) is 43.2 Å². The maximum Gasteiger partial charge on any atom is 0.413 e. The molecule has 0 spiro atoms. The van der Waals surface area contributed by atoms with Gasteiger partial charge in [-0.1, -0.05) is 0 Å². The number of fused-ring (bicyclic) bond motifs is 3. The number of pyridine rings is 1. The molecule has 1 amide bonds. The van der Waals surface area contributed by atoms with Gasteiger partial charge < -0.3 is 14.2 Å². The van der Waals surface area contributed by atoms with Crippen molar-refractivity contribution in [2.24, 2.45) is 0 Å². The van der Waals surface area contributed by atoms with E-state index in [1.54, 1.807) is 0 Å². The van der Waals surface area contributed by atoms with Gasteiger partial charge in [0.1, 0.15) is 11.4 Å². The van der Waals surface area contributed by atoms with Crippen molar-refractivity contribution < 1.29 is 19.0 Å². The Balaban J connectivity index is 1.89. The fourth-order valence-electron chi connectivity index (χ4n) is 2.62. The minimum atomic E-state index is -0.541. The van der Waals surface area contributed by atoms with E-state index in [2.05, 4.69) is 10.3 Å². The number of nitrogens with one attached hydrogen (secondary N) is 1. The molecule has 3 heterocycles. The average molecular weight is 292 g/mol. The summed E-state index contributed by atoms with van der Waals surface area (Å²) in [6.45, 7) is 7.72. The van der Waals surface area contributed by atoms with E-state index >= 15 is 0 Å². The van der Waals surface area contributed by atoms with Crippen molar-refractivity contribution in [3.63, 3.8) is 0 Å². The van der Waals surface area contributed by atoms with Crippen molar-refractivity contribution in [1.29, 1.82) is 0 Å². The number of hydrogen-bond acceptors (Lipinski definition) is 5. The van der Waals surface area contributed by atoms with Crippen molar-refractivity contribution in [3.05, 3.63) is 22.4 Å². The van der Waals surface area contributed by atoms with Crippen LogP contribution in [0.15, 0.2) is 0 Å². The smallest absolute Gasteiger partial charge is 0.413 e. The lowest BCUT2D eigenvalue weighted by Crippen LogP contribution is -2.28. The number of nitrogens with zero attached hydrogens (tertiary/aromatic N) is 1. The summed E-state index contributed by atoms with van der Waals surface area (Å²) in [4.78, 5) is 16.5. The van der Waals surface area contributed by atoms with E-state index in [-0.39, 0.29) is 0 Å². The fraction of sp³-hybridized carbons (Fsp3) is 0.600. The van der Waals surface area contributed by atoms with Crippen LogP contribution in [0.25, 0.3) is 0 Å². The molecule has 0 fully saturated rings. The summed E-state index contributed by atoms with van der Waals surface area (Å²) in [6.07, 6.45) is 0.349. The van der Waals surface area contributed by atoms with Gasteiger partial charge in [0.2, 0.25) is 0 Å². The summed E-state index contributed by atoms with van der Waals surface area (Å²) in [5.41, 5.74) is 3.66. The molecule has 0 aliphatic carbocycles. The van der Waals surface area contributed by atoms with Gasteiger partial charge in [0.05, 0.1) is 32.1 Å². The highest BCUT2D eigenvalue weighted by Crippen LogP contribution is 2.33. The predicted molar refractivity (Wildman–Crippen MR) is 75.9 cm³/mol. The van der Waals surface area contributed by atoms with Crippen LogP contribution in [0, 0.1) is 0 Å². The number of anilines is 1. The summed E-state index contributed by atoms with van der Waals surface area (Å²) in [6, 6.07) is 0. The number of ether oxygens (including phenoxy) is 3. The Kier molecular flexibility index (Phi) is 3.59. The van der Waals surface area contributed by atoms with Gasteiger partial charge in [0, 0.05) is 5.56 Å². The number of amides is 1. The van der Waals surface area contributed by atoms with Crippen LogP contribution in [0.4, 0.5) is 10.6 Å². The van der Waals surface area contributed by atoms with Gasteiger partial charge in [0.15, 0.2) is 0 Å². The second-order valence-corrected chi connectivity index (χ2v) is 6.27. The number of carbonyl (C=O) groups excluding carboxylic acids is 1. The maximum absolute atomic E-state index is 12.0. The number of hydrogen-bond donors (Lipinski definition) is 1. The van der Waals surface area contributed by atoms with Gasteiger partial charge in [-0.25, -0.2) is 9.78 Å². The van der Waals surface area contributed by atoms with Gasteiger partial charge in [-0.15, -0.1) is 0 Å². The van der Waals surface area contributed by atoms with Crippen molar-refractivity contribution in [2.45, 2.75) is 52.6 Å².